The summed E-state index contributed by atoms with van der Waals surface area (Å²) in [7, 11) is 0. The molecule has 2 aliphatic heterocycles. The van der Waals surface area contributed by atoms with Crippen LogP contribution in [0.3, 0.4) is 0 Å². The molecule has 10 nitrogen and oxygen atoms in total. The van der Waals surface area contributed by atoms with E-state index < -0.39 is 0 Å². The van der Waals surface area contributed by atoms with E-state index in [0.717, 1.165) is 67.7 Å². The highest BCUT2D eigenvalue weighted by Crippen LogP contribution is 2.31. The summed E-state index contributed by atoms with van der Waals surface area (Å²) in [4.78, 5) is 22.1. The lowest BCUT2D eigenvalue weighted by Crippen LogP contribution is -2.45. The number of carbonyl (C=O) groups excluding carboxylic acids is 1. The molecule has 7 rings (SSSR count). The van der Waals surface area contributed by atoms with Crippen LogP contribution in [0.1, 0.15) is 53.6 Å². The van der Waals surface area contributed by atoms with Gasteiger partial charge in [-0.05, 0) is 99.5 Å². The number of nitrogens with one attached hydrogen (secondary N) is 1. The summed E-state index contributed by atoms with van der Waals surface area (Å²) in [5.41, 5.74) is 12.2. The molecule has 0 atom stereocenters. The number of benzene rings is 2. The van der Waals surface area contributed by atoms with Crippen molar-refractivity contribution in [3.8, 4) is 17.1 Å². The fourth-order valence-electron chi connectivity index (χ4n) is 6.47. The molecule has 0 radical (unpaired) electrons. The second kappa shape index (κ2) is 10.9. The molecular formula is C31H35N9O. The number of nitrogens with zero attached hydrogens (tertiary/aromatic N) is 7. The van der Waals surface area contributed by atoms with Gasteiger partial charge in [0.15, 0.2) is 5.82 Å². The Balaban J connectivity index is 1.02. The van der Waals surface area contributed by atoms with E-state index in [0.29, 0.717) is 23.4 Å². The van der Waals surface area contributed by atoms with Crippen molar-refractivity contribution >= 4 is 23.5 Å². The van der Waals surface area contributed by atoms with Gasteiger partial charge >= 0.3 is 0 Å². The zero-order chi connectivity index (χ0) is 27.8. The van der Waals surface area contributed by atoms with Crippen LogP contribution in [-0.4, -0.2) is 72.9 Å². The van der Waals surface area contributed by atoms with Crippen LogP contribution in [0.5, 0.6) is 0 Å². The SMILES string of the molecule is Nc1nc(Nc2ccc(C(=O)N3CCC(N4CCCC4)CC3)cc2)nn1-c1cc2c(nn1)-c1ccccc1CCC2. The van der Waals surface area contributed by atoms with E-state index in [1.165, 1.54) is 36.2 Å². The molecule has 4 heterocycles. The molecule has 2 fully saturated rings. The summed E-state index contributed by atoms with van der Waals surface area (Å²) in [6, 6.07) is 18.5. The Morgan fingerprint density at radius 1 is 0.878 bits per heavy atom. The lowest BCUT2D eigenvalue weighted by atomic mass is 10.0. The van der Waals surface area contributed by atoms with Crippen LogP contribution in [0.15, 0.2) is 54.6 Å². The van der Waals surface area contributed by atoms with Gasteiger partial charge in [-0.3, -0.25) is 4.79 Å². The van der Waals surface area contributed by atoms with Crippen molar-refractivity contribution in [1.29, 1.82) is 0 Å². The molecule has 0 spiro atoms. The van der Waals surface area contributed by atoms with Crippen LogP contribution < -0.4 is 11.1 Å². The predicted molar refractivity (Wildman–Crippen MR) is 158 cm³/mol. The molecule has 3 aliphatic rings. The lowest BCUT2D eigenvalue weighted by molar-refractivity contribution is 0.0644. The molecule has 4 aromatic rings. The standard InChI is InChI=1S/C31H35N9O/c32-30-34-31(37-40(30)27-20-23-8-5-7-21-6-1-2-9-26(21)28(23)36-35-27)33-24-12-10-22(11-13-24)29(41)39-18-14-25(15-19-39)38-16-3-4-17-38/h1-2,6,9-13,20,25H,3-5,7-8,14-19H2,(H3,32,33,34,37). The summed E-state index contributed by atoms with van der Waals surface area (Å²) >= 11 is 0. The number of anilines is 3. The number of hydrogen-bond acceptors (Lipinski definition) is 8. The van der Waals surface area contributed by atoms with Crippen molar-refractivity contribution in [2.24, 2.45) is 0 Å². The third kappa shape index (κ3) is 5.15. The Hall–Kier alpha value is -4.31. The molecule has 0 unspecified atom stereocenters. The number of aromatic nitrogens is 5. The van der Waals surface area contributed by atoms with Crippen LogP contribution >= 0.6 is 0 Å². The maximum atomic E-state index is 13.1. The molecule has 0 bridgehead atoms. The van der Waals surface area contributed by atoms with Crippen molar-refractivity contribution in [1.82, 2.24) is 34.8 Å². The number of carbonyl (C=O) groups is 1. The summed E-state index contributed by atoms with van der Waals surface area (Å²) in [5.74, 6) is 1.20. The third-order valence-corrected chi connectivity index (χ3v) is 8.67. The van der Waals surface area contributed by atoms with Crippen LogP contribution in [0.25, 0.3) is 17.1 Å². The number of nitrogen functional groups attached to an aromatic ring is 1. The van der Waals surface area contributed by atoms with E-state index in [4.69, 9.17) is 5.73 Å². The lowest BCUT2D eigenvalue weighted by Gasteiger charge is -2.36. The smallest absolute Gasteiger partial charge is 0.253 e. The molecule has 3 N–H and O–H groups in total. The average Bonchev–Trinajstić information content (AvgIpc) is 3.63. The van der Waals surface area contributed by atoms with Crippen molar-refractivity contribution in [3.05, 3.63) is 71.3 Å². The van der Waals surface area contributed by atoms with Gasteiger partial charge in [-0.25, -0.2) is 0 Å². The minimum Gasteiger partial charge on any atom is -0.368 e. The van der Waals surface area contributed by atoms with Gasteiger partial charge in [0.2, 0.25) is 11.9 Å². The zero-order valence-corrected chi connectivity index (χ0v) is 23.2. The highest BCUT2D eigenvalue weighted by Gasteiger charge is 2.28. The van der Waals surface area contributed by atoms with Gasteiger partial charge in [0, 0.05) is 35.9 Å². The van der Waals surface area contributed by atoms with Crippen LogP contribution in [0.4, 0.5) is 17.6 Å². The molecule has 10 heteroatoms. The third-order valence-electron chi connectivity index (χ3n) is 8.67. The Morgan fingerprint density at radius 3 is 2.44 bits per heavy atom. The molecule has 2 aromatic carbocycles. The number of aryl methyl sites for hydroxylation is 2. The highest BCUT2D eigenvalue weighted by molar-refractivity contribution is 5.94. The largest absolute Gasteiger partial charge is 0.368 e. The Morgan fingerprint density at radius 2 is 1.63 bits per heavy atom. The summed E-state index contributed by atoms with van der Waals surface area (Å²) in [6.45, 7) is 4.06. The van der Waals surface area contributed by atoms with Gasteiger partial charge < -0.3 is 20.9 Å². The summed E-state index contributed by atoms with van der Waals surface area (Å²) in [6.07, 6.45) is 7.70. The quantitative estimate of drug-likeness (QED) is 0.380. The first-order valence-corrected chi connectivity index (χ1v) is 14.7. The van der Waals surface area contributed by atoms with Gasteiger partial charge in [0.1, 0.15) is 0 Å². The highest BCUT2D eigenvalue weighted by atomic mass is 16.2. The molecule has 0 saturated carbocycles. The number of likely N-dealkylation sites (tertiary alicyclic amines) is 2. The average molecular weight is 550 g/mol. The van der Waals surface area contributed by atoms with Crippen molar-refractivity contribution < 1.29 is 4.79 Å². The van der Waals surface area contributed by atoms with Gasteiger partial charge in [0.05, 0.1) is 5.69 Å². The van der Waals surface area contributed by atoms with Gasteiger partial charge in [-0.1, -0.05) is 24.3 Å². The van der Waals surface area contributed by atoms with Crippen LogP contribution in [0.2, 0.25) is 0 Å². The van der Waals surface area contributed by atoms with Gasteiger partial charge in [0.25, 0.3) is 5.91 Å². The molecule has 2 saturated heterocycles. The molecule has 41 heavy (non-hydrogen) atoms. The maximum Gasteiger partial charge on any atom is 0.253 e. The van der Waals surface area contributed by atoms with Gasteiger partial charge in [-0.2, -0.15) is 9.67 Å². The molecule has 2 aromatic heterocycles. The first-order chi connectivity index (χ1) is 20.1. The minimum absolute atomic E-state index is 0.0903. The van der Waals surface area contributed by atoms with Crippen molar-refractivity contribution in [2.45, 2.75) is 51.0 Å². The number of hydrogen-bond donors (Lipinski definition) is 2. The first-order valence-electron chi connectivity index (χ1n) is 14.7. The normalized spacial score (nSPS) is 17.6. The Labute approximate surface area is 239 Å². The van der Waals surface area contributed by atoms with E-state index >= 15 is 0 Å². The molecule has 1 amide bonds. The fourth-order valence-corrected chi connectivity index (χ4v) is 6.47. The molecule has 210 valence electrons. The Kier molecular flexibility index (Phi) is 6.84. The Bertz CT molecular complexity index is 1550. The number of piperidine rings is 1. The number of nitrogens with two attached hydrogens (primary N) is 1. The van der Waals surface area contributed by atoms with Crippen molar-refractivity contribution in [3.63, 3.8) is 0 Å². The monoisotopic (exact) mass is 549 g/mol. The summed E-state index contributed by atoms with van der Waals surface area (Å²) in [5, 5.41) is 16.8. The van der Waals surface area contributed by atoms with Crippen LogP contribution in [-0.2, 0) is 12.8 Å². The van der Waals surface area contributed by atoms with Gasteiger partial charge in [-0.15, -0.1) is 15.3 Å². The minimum atomic E-state index is 0.0903. The number of rotatable bonds is 5. The van der Waals surface area contributed by atoms with E-state index in [9.17, 15) is 4.79 Å². The topological polar surface area (TPSA) is 118 Å². The first kappa shape index (κ1) is 25.6. The maximum absolute atomic E-state index is 13.1. The zero-order valence-electron chi connectivity index (χ0n) is 23.2. The van der Waals surface area contributed by atoms with E-state index in [1.54, 1.807) is 0 Å². The molecular weight excluding hydrogens is 514 g/mol. The van der Waals surface area contributed by atoms with E-state index in [1.807, 2.05) is 41.3 Å². The predicted octanol–water partition coefficient (Wildman–Crippen LogP) is 4.24. The second-order valence-electron chi connectivity index (χ2n) is 11.3. The van der Waals surface area contributed by atoms with E-state index in [2.05, 4.69) is 48.7 Å². The second-order valence-corrected chi connectivity index (χ2v) is 11.3. The van der Waals surface area contributed by atoms with Crippen molar-refractivity contribution in [2.75, 3.05) is 37.2 Å². The summed E-state index contributed by atoms with van der Waals surface area (Å²) < 4.78 is 1.51. The fraction of sp³-hybridized carbons (Fsp3) is 0.387. The number of fused-ring (bicyclic) bond motifs is 3. The molecule has 1 aliphatic carbocycles. The number of amides is 1. The van der Waals surface area contributed by atoms with E-state index in [-0.39, 0.29) is 11.9 Å². The van der Waals surface area contributed by atoms with Crippen LogP contribution in [0, 0.1) is 0 Å².